The van der Waals surface area contributed by atoms with E-state index in [-0.39, 0.29) is 0 Å². The molecule has 0 unspecified atom stereocenters. The molecule has 0 amide bonds. The highest BCUT2D eigenvalue weighted by Gasteiger charge is 2.14. The van der Waals surface area contributed by atoms with Crippen LogP contribution in [0.5, 0.6) is 0 Å². The molecule has 0 aliphatic carbocycles. The third-order valence-corrected chi connectivity index (χ3v) is 3.81. The van der Waals surface area contributed by atoms with Gasteiger partial charge in [-0.25, -0.2) is 4.98 Å². The topological polar surface area (TPSA) is 52.0 Å². The van der Waals surface area contributed by atoms with Crippen LogP contribution < -0.4 is 5.32 Å². The number of hydrogen-bond acceptors (Lipinski definition) is 4. The number of aromatic nitrogens is 3. The van der Waals surface area contributed by atoms with Crippen molar-refractivity contribution in [1.82, 2.24) is 14.8 Å². The van der Waals surface area contributed by atoms with E-state index in [1.807, 2.05) is 43.8 Å². The van der Waals surface area contributed by atoms with Crippen molar-refractivity contribution in [2.75, 3.05) is 25.1 Å². The number of fused-ring (bicyclic) bond motifs is 2. The molecule has 0 bridgehead atoms. The first kappa shape index (κ1) is 14.8. The minimum atomic E-state index is 0.768. The van der Waals surface area contributed by atoms with Crippen LogP contribution in [0.15, 0.2) is 24.3 Å². The summed E-state index contributed by atoms with van der Waals surface area (Å²) in [5.41, 5.74) is 4.04. The highest BCUT2D eigenvalue weighted by Crippen LogP contribution is 2.32. The second kappa shape index (κ2) is 6.32. The van der Waals surface area contributed by atoms with Gasteiger partial charge in [-0.3, -0.25) is 4.68 Å². The van der Waals surface area contributed by atoms with E-state index < -0.39 is 0 Å². The van der Waals surface area contributed by atoms with E-state index in [1.54, 1.807) is 0 Å². The van der Waals surface area contributed by atoms with E-state index in [4.69, 9.17) is 9.72 Å². The maximum absolute atomic E-state index is 5.41. The predicted molar refractivity (Wildman–Crippen MR) is 90.4 cm³/mol. The standard InChI is InChI=1S/C17H22N4O/c1-4-22-11-7-10-18-16-13-8-5-6-9-14(13)19-17-15(16)12(2)20-21(17)3/h5-6,8-9H,4,7,10-11H2,1-3H3,(H,18,19). The van der Waals surface area contributed by atoms with E-state index in [0.717, 1.165) is 59.5 Å². The smallest absolute Gasteiger partial charge is 0.160 e. The number of ether oxygens (including phenoxy) is 1. The second-order valence-corrected chi connectivity index (χ2v) is 5.39. The van der Waals surface area contributed by atoms with Gasteiger partial charge >= 0.3 is 0 Å². The third kappa shape index (κ3) is 2.64. The highest BCUT2D eigenvalue weighted by atomic mass is 16.5. The van der Waals surface area contributed by atoms with Gasteiger partial charge in [0.2, 0.25) is 0 Å². The van der Waals surface area contributed by atoms with Crippen molar-refractivity contribution >= 4 is 27.6 Å². The summed E-state index contributed by atoms with van der Waals surface area (Å²) in [6, 6.07) is 8.22. The Morgan fingerprint density at radius 3 is 2.91 bits per heavy atom. The first-order valence-corrected chi connectivity index (χ1v) is 7.76. The fraction of sp³-hybridized carbons (Fsp3) is 0.412. The van der Waals surface area contributed by atoms with Gasteiger partial charge < -0.3 is 10.1 Å². The van der Waals surface area contributed by atoms with Crippen LogP contribution in [-0.4, -0.2) is 34.5 Å². The van der Waals surface area contributed by atoms with E-state index >= 15 is 0 Å². The summed E-state index contributed by atoms with van der Waals surface area (Å²) < 4.78 is 7.26. The number of anilines is 1. The molecule has 2 heterocycles. The SMILES string of the molecule is CCOCCCNc1c2ccccc2nc2c1c(C)nn2C. The van der Waals surface area contributed by atoms with Crippen molar-refractivity contribution in [3.8, 4) is 0 Å². The van der Waals surface area contributed by atoms with Gasteiger partial charge in [0.05, 0.1) is 22.3 Å². The van der Waals surface area contributed by atoms with Gasteiger partial charge in [-0.2, -0.15) is 5.10 Å². The molecule has 1 aromatic carbocycles. The van der Waals surface area contributed by atoms with Gasteiger partial charge in [0, 0.05) is 32.2 Å². The molecule has 3 aromatic rings. The maximum atomic E-state index is 5.41. The Kier molecular flexibility index (Phi) is 4.24. The summed E-state index contributed by atoms with van der Waals surface area (Å²) in [6.45, 7) is 6.47. The average Bonchev–Trinajstić information content (AvgIpc) is 2.81. The molecule has 0 saturated carbocycles. The maximum Gasteiger partial charge on any atom is 0.160 e. The number of aryl methyl sites for hydroxylation is 2. The highest BCUT2D eigenvalue weighted by molar-refractivity contribution is 6.07. The van der Waals surface area contributed by atoms with E-state index in [0.29, 0.717) is 0 Å². The molecule has 22 heavy (non-hydrogen) atoms. The van der Waals surface area contributed by atoms with Gasteiger partial charge in [0.1, 0.15) is 0 Å². The zero-order chi connectivity index (χ0) is 15.5. The molecule has 3 rings (SSSR count). The van der Waals surface area contributed by atoms with Crippen LogP contribution >= 0.6 is 0 Å². The molecule has 0 fully saturated rings. The number of nitrogens with one attached hydrogen (secondary N) is 1. The summed E-state index contributed by atoms with van der Waals surface area (Å²) in [5.74, 6) is 0. The van der Waals surface area contributed by atoms with E-state index in [2.05, 4.69) is 16.5 Å². The van der Waals surface area contributed by atoms with Crippen molar-refractivity contribution < 1.29 is 4.74 Å². The Morgan fingerprint density at radius 1 is 1.27 bits per heavy atom. The first-order valence-electron chi connectivity index (χ1n) is 7.76. The number of hydrogen-bond donors (Lipinski definition) is 1. The zero-order valence-corrected chi connectivity index (χ0v) is 13.4. The summed E-state index contributed by atoms with van der Waals surface area (Å²) in [6.07, 6.45) is 0.977. The normalized spacial score (nSPS) is 11.4. The summed E-state index contributed by atoms with van der Waals surface area (Å²) >= 11 is 0. The molecular formula is C17H22N4O. The number of rotatable bonds is 6. The van der Waals surface area contributed by atoms with Crippen molar-refractivity contribution in [3.63, 3.8) is 0 Å². The number of para-hydroxylation sites is 1. The Labute approximate surface area is 130 Å². The van der Waals surface area contributed by atoms with Crippen LogP contribution in [0.1, 0.15) is 19.0 Å². The van der Waals surface area contributed by atoms with Gasteiger partial charge in [-0.05, 0) is 26.3 Å². The molecule has 0 radical (unpaired) electrons. The molecule has 116 valence electrons. The Morgan fingerprint density at radius 2 is 2.09 bits per heavy atom. The Balaban J connectivity index is 2.03. The van der Waals surface area contributed by atoms with Gasteiger partial charge in [-0.15, -0.1) is 0 Å². The lowest BCUT2D eigenvalue weighted by molar-refractivity contribution is 0.147. The molecule has 5 nitrogen and oxygen atoms in total. The number of nitrogens with zero attached hydrogens (tertiary/aromatic N) is 3. The van der Waals surface area contributed by atoms with Crippen molar-refractivity contribution in [2.24, 2.45) is 7.05 Å². The molecule has 0 aliphatic heterocycles. The number of benzene rings is 1. The lowest BCUT2D eigenvalue weighted by atomic mass is 10.1. The van der Waals surface area contributed by atoms with Crippen LogP contribution in [0, 0.1) is 6.92 Å². The predicted octanol–water partition coefficient (Wildman–Crippen LogP) is 3.27. The largest absolute Gasteiger partial charge is 0.384 e. The molecule has 0 aliphatic rings. The lowest BCUT2D eigenvalue weighted by Gasteiger charge is -2.12. The van der Waals surface area contributed by atoms with Crippen LogP contribution in [0.25, 0.3) is 21.9 Å². The molecule has 0 spiro atoms. The quantitative estimate of drug-likeness (QED) is 0.710. The van der Waals surface area contributed by atoms with Gasteiger partial charge in [-0.1, -0.05) is 18.2 Å². The monoisotopic (exact) mass is 298 g/mol. The Hall–Kier alpha value is -2.14. The van der Waals surface area contributed by atoms with Crippen molar-refractivity contribution in [3.05, 3.63) is 30.0 Å². The summed E-state index contributed by atoms with van der Waals surface area (Å²) in [7, 11) is 1.94. The first-order chi connectivity index (χ1) is 10.7. The fourth-order valence-corrected chi connectivity index (χ4v) is 2.81. The molecule has 0 saturated heterocycles. The van der Waals surface area contributed by atoms with Gasteiger partial charge in [0.15, 0.2) is 5.65 Å². The van der Waals surface area contributed by atoms with Crippen molar-refractivity contribution in [1.29, 1.82) is 0 Å². The second-order valence-electron chi connectivity index (χ2n) is 5.39. The van der Waals surface area contributed by atoms with Gasteiger partial charge in [0.25, 0.3) is 0 Å². The minimum Gasteiger partial charge on any atom is -0.384 e. The number of pyridine rings is 1. The molecule has 0 atom stereocenters. The molecule has 1 N–H and O–H groups in total. The molecule has 2 aromatic heterocycles. The van der Waals surface area contributed by atoms with Crippen molar-refractivity contribution in [2.45, 2.75) is 20.3 Å². The minimum absolute atomic E-state index is 0.768. The zero-order valence-electron chi connectivity index (χ0n) is 13.4. The fourth-order valence-electron chi connectivity index (χ4n) is 2.81. The van der Waals surface area contributed by atoms with Crippen LogP contribution in [-0.2, 0) is 11.8 Å². The Bertz CT molecular complexity index is 794. The molecular weight excluding hydrogens is 276 g/mol. The summed E-state index contributed by atoms with van der Waals surface area (Å²) in [5, 5.41) is 10.3. The average molecular weight is 298 g/mol. The third-order valence-electron chi connectivity index (χ3n) is 3.81. The van der Waals surface area contributed by atoms with Crippen LogP contribution in [0.4, 0.5) is 5.69 Å². The molecule has 5 heteroatoms. The van der Waals surface area contributed by atoms with Crippen LogP contribution in [0.3, 0.4) is 0 Å². The summed E-state index contributed by atoms with van der Waals surface area (Å²) in [4.78, 5) is 4.75. The van der Waals surface area contributed by atoms with E-state index in [9.17, 15) is 0 Å². The van der Waals surface area contributed by atoms with Crippen LogP contribution in [0.2, 0.25) is 0 Å². The van der Waals surface area contributed by atoms with E-state index in [1.165, 1.54) is 0 Å². The lowest BCUT2D eigenvalue weighted by Crippen LogP contribution is -2.07.